The van der Waals surface area contributed by atoms with E-state index in [0.717, 1.165) is 29.4 Å². The minimum atomic E-state index is 0.653. The lowest BCUT2D eigenvalue weighted by atomic mass is 10.3. The highest BCUT2D eigenvalue weighted by atomic mass is 32.1. The molecule has 0 aliphatic rings. The second kappa shape index (κ2) is 5.60. The topological polar surface area (TPSA) is 75.9 Å². The second-order valence-electron chi connectivity index (χ2n) is 3.63. The van der Waals surface area contributed by atoms with Gasteiger partial charge in [-0.2, -0.15) is 0 Å². The molecule has 2 heterocycles. The van der Waals surface area contributed by atoms with Crippen molar-refractivity contribution in [2.24, 2.45) is 5.84 Å². The van der Waals surface area contributed by atoms with E-state index in [2.05, 4.69) is 26.1 Å². The average molecular weight is 249 g/mol. The van der Waals surface area contributed by atoms with E-state index < -0.39 is 0 Å². The van der Waals surface area contributed by atoms with Crippen LogP contribution in [-0.2, 0) is 6.42 Å². The summed E-state index contributed by atoms with van der Waals surface area (Å²) in [7, 11) is 0. The summed E-state index contributed by atoms with van der Waals surface area (Å²) in [5.41, 5.74) is 4.61. The van der Waals surface area contributed by atoms with Gasteiger partial charge in [0.05, 0.1) is 5.01 Å². The van der Waals surface area contributed by atoms with E-state index in [1.54, 1.807) is 17.5 Å². The molecule has 0 saturated carbocycles. The van der Waals surface area contributed by atoms with Crippen LogP contribution >= 0.6 is 11.3 Å². The zero-order chi connectivity index (χ0) is 12.1. The number of anilines is 2. The van der Waals surface area contributed by atoms with Gasteiger partial charge in [0.2, 0.25) is 0 Å². The van der Waals surface area contributed by atoms with Gasteiger partial charge in [-0.05, 0) is 13.0 Å². The molecule has 2 aromatic rings. The number of hydrogen-bond donors (Lipinski definition) is 3. The largest absolute Gasteiger partial charge is 0.384 e. The molecule has 6 heteroatoms. The lowest BCUT2D eigenvalue weighted by Gasteiger charge is -2.06. The lowest BCUT2D eigenvalue weighted by molar-refractivity contribution is 0.986. The quantitative estimate of drug-likeness (QED) is 0.556. The van der Waals surface area contributed by atoms with Crippen LogP contribution in [0.5, 0.6) is 0 Å². The smallest absolute Gasteiger partial charge is 0.141 e. The van der Waals surface area contributed by atoms with Gasteiger partial charge < -0.3 is 10.7 Å². The molecule has 5 nitrogen and oxygen atoms in total. The first-order valence-electron chi connectivity index (χ1n) is 5.35. The summed E-state index contributed by atoms with van der Waals surface area (Å²) in [6.07, 6.45) is 2.64. The molecule has 0 saturated heterocycles. The van der Waals surface area contributed by atoms with Crippen molar-refractivity contribution in [1.29, 1.82) is 0 Å². The fourth-order valence-corrected chi connectivity index (χ4v) is 2.23. The lowest BCUT2D eigenvalue weighted by Crippen LogP contribution is -2.10. The number of nitrogens with one attached hydrogen (secondary N) is 2. The molecule has 0 unspecified atom stereocenters. The Morgan fingerprint density at radius 3 is 3.06 bits per heavy atom. The van der Waals surface area contributed by atoms with Gasteiger partial charge in [0.1, 0.15) is 5.82 Å². The molecule has 2 aromatic heterocycles. The van der Waals surface area contributed by atoms with Crippen molar-refractivity contribution in [3.05, 3.63) is 34.4 Å². The minimum Gasteiger partial charge on any atom is -0.384 e. The van der Waals surface area contributed by atoms with E-state index >= 15 is 0 Å². The summed E-state index contributed by atoms with van der Waals surface area (Å²) in [4.78, 5) is 8.45. The summed E-state index contributed by atoms with van der Waals surface area (Å²) in [6, 6.07) is 3.78. The molecule has 0 aromatic carbocycles. The molecule has 90 valence electrons. The van der Waals surface area contributed by atoms with Crippen LogP contribution in [0.1, 0.15) is 10.7 Å². The molecule has 4 N–H and O–H groups in total. The van der Waals surface area contributed by atoms with Gasteiger partial charge in [0.25, 0.3) is 0 Å². The molecule has 0 amide bonds. The van der Waals surface area contributed by atoms with E-state index in [1.807, 2.05) is 19.1 Å². The molecule has 17 heavy (non-hydrogen) atoms. The number of thiazole rings is 1. The van der Waals surface area contributed by atoms with Crippen LogP contribution in [0.3, 0.4) is 0 Å². The molecule has 0 spiro atoms. The summed E-state index contributed by atoms with van der Waals surface area (Å²) in [5, 5.41) is 6.53. The Morgan fingerprint density at radius 2 is 2.35 bits per heavy atom. The fraction of sp³-hybridized carbons (Fsp3) is 0.273. The van der Waals surface area contributed by atoms with E-state index in [9.17, 15) is 0 Å². The van der Waals surface area contributed by atoms with Gasteiger partial charge in [-0.15, -0.1) is 11.3 Å². The number of hydrazine groups is 1. The van der Waals surface area contributed by atoms with Crippen LogP contribution in [0.25, 0.3) is 0 Å². The van der Waals surface area contributed by atoms with E-state index in [0.29, 0.717) is 5.82 Å². The number of pyridine rings is 1. The first kappa shape index (κ1) is 11.8. The summed E-state index contributed by atoms with van der Waals surface area (Å²) < 4.78 is 0. The maximum absolute atomic E-state index is 5.29. The number of rotatable bonds is 5. The summed E-state index contributed by atoms with van der Waals surface area (Å²) in [5.74, 6) is 5.95. The number of nitrogens with two attached hydrogens (primary N) is 1. The van der Waals surface area contributed by atoms with Crippen LogP contribution in [0.2, 0.25) is 0 Å². The number of aromatic nitrogens is 2. The first-order valence-corrected chi connectivity index (χ1v) is 6.23. The van der Waals surface area contributed by atoms with E-state index in [4.69, 9.17) is 5.84 Å². The third kappa shape index (κ3) is 3.40. The van der Waals surface area contributed by atoms with Crippen LogP contribution in [-0.4, -0.2) is 16.5 Å². The van der Waals surface area contributed by atoms with Crippen molar-refractivity contribution < 1.29 is 0 Å². The second-order valence-corrected chi connectivity index (χ2v) is 4.58. The van der Waals surface area contributed by atoms with Crippen molar-refractivity contribution in [2.45, 2.75) is 13.3 Å². The van der Waals surface area contributed by atoms with Crippen LogP contribution in [0.4, 0.5) is 11.5 Å². The van der Waals surface area contributed by atoms with Gasteiger partial charge in [0, 0.05) is 42.0 Å². The van der Waals surface area contributed by atoms with Gasteiger partial charge in [-0.25, -0.2) is 15.8 Å². The highest BCUT2D eigenvalue weighted by Gasteiger charge is 1.99. The van der Waals surface area contributed by atoms with Gasteiger partial charge in [0.15, 0.2) is 0 Å². The molecule has 2 rings (SSSR count). The zero-order valence-electron chi connectivity index (χ0n) is 9.60. The van der Waals surface area contributed by atoms with Gasteiger partial charge in [-0.3, -0.25) is 0 Å². The predicted octanol–water partition coefficient (Wildman–Crippen LogP) is 1.79. The Balaban J connectivity index is 1.85. The van der Waals surface area contributed by atoms with Crippen molar-refractivity contribution in [3.63, 3.8) is 0 Å². The maximum Gasteiger partial charge on any atom is 0.141 e. The van der Waals surface area contributed by atoms with Crippen LogP contribution in [0, 0.1) is 6.92 Å². The number of nitrogens with zero attached hydrogens (tertiary/aromatic N) is 2. The molecular weight excluding hydrogens is 234 g/mol. The molecule has 0 aliphatic heterocycles. The number of nitrogen functional groups attached to an aromatic ring is 1. The van der Waals surface area contributed by atoms with E-state index in [-0.39, 0.29) is 0 Å². The average Bonchev–Trinajstić information content (AvgIpc) is 2.75. The van der Waals surface area contributed by atoms with Gasteiger partial charge >= 0.3 is 0 Å². The Labute approximate surface area is 104 Å². The SMILES string of the molecule is Cc1csc(CCNc2ccnc(NN)c2)n1. The molecule has 0 radical (unpaired) electrons. The van der Waals surface area contributed by atoms with Crippen molar-refractivity contribution in [1.82, 2.24) is 9.97 Å². The standard InChI is InChI=1S/C11H15N5S/c1-8-7-17-11(15-8)3-5-13-9-2-4-14-10(6-9)16-12/h2,4,6-7H,3,5,12H2,1H3,(H2,13,14,16). The highest BCUT2D eigenvalue weighted by molar-refractivity contribution is 7.09. The van der Waals surface area contributed by atoms with Crippen LogP contribution in [0.15, 0.2) is 23.7 Å². The molecule has 0 atom stereocenters. The molecule has 0 bridgehead atoms. The molecule has 0 aliphatic carbocycles. The minimum absolute atomic E-state index is 0.653. The third-order valence-corrected chi connectivity index (χ3v) is 3.27. The summed E-state index contributed by atoms with van der Waals surface area (Å²) in [6.45, 7) is 2.86. The van der Waals surface area contributed by atoms with E-state index in [1.165, 1.54) is 0 Å². The Kier molecular flexibility index (Phi) is 3.89. The first-order chi connectivity index (χ1) is 8.28. The zero-order valence-corrected chi connectivity index (χ0v) is 10.4. The molecule has 0 fully saturated rings. The fourth-order valence-electron chi connectivity index (χ4n) is 1.45. The number of aryl methyl sites for hydroxylation is 1. The van der Waals surface area contributed by atoms with Crippen molar-refractivity contribution >= 4 is 22.8 Å². The normalized spacial score (nSPS) is 10.2. The van der Waals surface area contributed by atoms with Crippen LogP contribution < -0.4 is 16.6 Å². The van der Waals surface area contributed by atoms with Crippen molar-refractivity contribution in [3.8, 4) is 0 Å². The Bertz CT molecular complexity index is 482. The maximum atomic E-state index is 5.29. The van der Waals surface area contributed by atoms with Crippen molar-refractivity contribution in [2.75, 3.05) is 17.3 Å². The summed E-state index contributed by atoms with van der Waals surface area (Å²) >= 11 is 1.70. The Morgan fingerprint density at radius 1 is 1.47 bits per heavy atom. The molecular formula is C11H15N5S. The third-order valence-electron chi connectivity index (χ3n) is 2.24. The highest BCUT2D eigenvalue weighted by Crippen LogP contribution is 2.12. The predicted molar refractivity (Wildman–Crippen MR) is 71.1 cm³/mol. The monoisotopic (exact) mass is 249 g/mol. The number of hydrogen-bond acceptors (Lipinski definition) is 6. The Hall–Kier alpha value is -1.66. The van der Waals surface area contributed by atoms with Gasteiger partial charge in [-0.1, -0.05) is 0 Å².